The molecule has 1 aromatic heterocycles. The van der Waals surface area contributed by atoms with Gasteiger partial charge >= 0.3 is 6.03 Å². The molecular weight excluding hydrogens is 344 g/mol. The van der Waals surface area contributed by atoms with Crippen molar-refractivity contribution in [3.05, 3.63) is 66.1 Å². The quantitative estimate of drug-likeness (QED) is 0.645. The molecule has 0 radical (unpaired) electrons. The summed E-state index contributed by atoms with van der Waals surface area (Å²) in [6.07, 6.45) is 0.0925. The Bertz CT molecular complexity index is 951. The predicted molar refractivity (Wildman–Crippen MR) is 104 cm³/mol. The molecule has 3 N–H and O–H groups in total. The molecule has 3 rings (SSSR count). The van der Waals surface area contributed by atoms with Crippen LogP contribution in [0, 0.1) is 6.92 Å². The summed E-state index contributed by atoms with van der Waals surface area (Å²) in [7, 11) is 1.53. The molecule has 3 aromatic rings. The van der Waals surface area contributed by atoms with Gasteiger partial charge in [0, 0.05) is 24.0 Å². The van der Waals surface area contributed by atoms with Gasteiger partial charge in [-0.1, -0.05) is 24.3 Å². The Balaban J connectivity index is 1.67. The van der Waals surface area contributed by atoms with E-state index in [4.69, 9.17) is 4.42 Å². The lowest BCUT2D eigenvalue weighted by molar-refractivity contribution is -0.115. The van der Waals surface area contributed by atoms with E-state index >= 15 is 0 Å². The van der Waals surface area contributed by atoms with Crippen LogP contribution in [-0.4, -0.2) is 24.0 Å². The summed E-state index contributed by atoms with van der Waals surface area (Å²) in [5.74, 6) is 0.884. The van der Waals surface area contributed by atoms with E-state index in [9.17, 15) is 9.59 Å². The Morgan fingerprint density at radius 3 is 2.41 bits per heavy atom. The molecular formula is C20H20N4O3. The molecule has 0 aliphatic heterocycles. The maximum Gasteiger partial charge on any atom is 0.318 e. The van der Waals surface area contributed by atoms with Gasteiger partial charge in [-0.3, -0.25) is 4.79 Å². The number of benzene rings is 2. The average Bonchev–Trinajstić information content (AvgIpc) is 3.03. The maximum absolute atomic E-state index is 12.4. The highest BCUT2D eigenvalue weighted by atomic mass is 16.4. The molecule has 0 unspecified atom stereocenters. The summed E-state index contributed by atoms with van der Waals surface area (Å²) >= 11 is 0. The predicted octanol–water partition coefficient (Wildman–Crippen LogP) is 3.58. The van der Waals surface area contributed by atoms with Crippen LogP contribution in [0.25, 0.3) is 11.5 Å². The van der Waals surface area contributed by atoms with E-state index < -0.39 is 0 Å². The first-order valence-corrected chi connectivity index (χ1v) is 8.45. The van der Waals surface area contributed by atoms with Gasteiger partial charge in [0.2, 0.25) is 11.8 Å². The summed E-state index contributed by atoms with van der Waals surface area (Å²) in [5, 5.41) is 7.94. The smallest absolute Gasteiger partial charge is 0.318 e. The molecule has 0 saturated heterocycles. The zero-order valence-electron chi connectivity index (χ0n) is 15.1. The molecule has 138 valence electrons. The number of carbonyl (C=O) groups is 2. The fraction of sp³-hybridized carbons (Fsp3) is 0.150. The molecule has 0 aliphatic rings. The molecule has 7 heteroatoms. The van der Waals surface area contributed by atoms with Gasteiger partial charge in [0.15, 0.2) is 0 Å². The van der Waals surface area contributed by atoms with E-state index in [0.717, 1.165) is 5.56 Å². The number of amides is 3. The van der Waals surface area contributed by atoms with Gasteiger partial charge in [0.25, 0.3) is 0 Å². The second kappa shape index (κ2) is 8.18. The van der Waals surface area contributed by atoms with Crippen molar-refractivity contribution in [1.82, 2.24) is 10.3 Å². The van der Waals surface area contributed by atoms with Crippen LogP contribution in [0.15, 0.2) is 59.0 Å². The van der Waals surface area contributed by atoms with Crippen molar-refractivity contribution in [2.75, 3.05) is 17.7 Å². The largest absolute Gasteiger partial charge is 0.441 e. The number of hydrogen-bond acceptors (Lipinski definition) is 4. The van der Waals surface area contributed by atoms with Gasteiger partial charge in [-0.2, -0.15) is 0 Å². The Kier molecular flexibility index (Phi) is 5.51. The highest BCUT2D eigenvalue weighted by molar-refractivity contribution is 5.94. The first-order chi connectivity index (χ1) is 13.0. The SMILES string of the molecule is CNC(=O)Nc1cccc(NC(=O)Cc2nc(-c3ccccc3)oc2C)c1. The van der Waals surface area contributed by atoms with Crippen LogP contribution in [0.3, 0.4) is 0 Å². The highest BCUT2D eigenvalue weighted by Crippen LogP contribution is 2.22. The monoisotopic (exact) mass is 364 g/mol. The summed E-state index contributed by atoms with van der Waals surface area (Å²) < 4.78 is 5.68. The van der Waals surface area contributed by atoms with Gasteiger partial charge in [-0.05, 0) is 37.3 Å². The van der Waals surface area contributed by atoms with E-state index in [0.29, 0.717) is 28.7 Å². The number of hydrogen-bond donors (Lipinski definition) is 3. The Morgan fingerprint density at radius 2 is 1.70 bits per heavy atom. The van der Waals surface area contributed by atoms with Gasteiger partial charge in [-0.25, -0.2) is 9.78 Å². The zero-order valence-corrected chi connectivity index (χ0v) is 15.1. The molecule has 0 aliphatic carbocycles. The van der Waals surface area contributed by atoms with Crippen molar-refractivity contribution >= 4 is 23.3 Å². The normalized spacial score (nSPS) is 10.3. The molecule has 0 fully saturated rings. The summed E-state index contributed by atoms with van der Waals surface area (Å²) in [4.78, 5) is 28.2. The summed E-state index contributed by atoms with van der Waals surface area (Å²) in [5.41, 5.74) is 2.61. The minimum atomic E-state index is -0.329. The Hall–Kier alpha value is -3.61. The standard InChI is InChI=1S/C20H20N4O3/c1-13-17(24-19(27-13)14-7-4-3-5-8-14)12-18(25)22-15-9-6-10-16(11-15)23-20(26)21-2/h3-11H,12H2,1-2H3,(H,22,25)(H2,21,23,26). The van der Waals surface area contributed by atoms with E-state index in [1.165, 1.54) is 7.05 Å². The molecule has 2 aromatic carbocycles. The molecule has 0 atom stereocenters. The van der Waals surface area contributed by atoms with Crippen LogP contribution in [0.4, 0.5) is 16.2 Å². The van der Waals surface area contributed by atoms with Crippen molar-refractivity contribution in [3.63, 3.8) is 0 Å². The number of carbonyl (C=O) groups excluding carboxylic acids is 2. The van der Waals surface area contributed by atoms with Crippen molar-refractivity contribution in [2.45, 2.75) is 13.3 Å². The lowest BCUT2D eigenvalue weighted by Crippen LogP contribution is -2.24. The van der Waals surface area contributed by atoms with Crippen molar-refractivity contribution in [2.24, 2.45) is 0 Å². The molecule has 27 heavy (non-hydrogen) atoms. The number of aryl methyl sites for hydroxylation is 1. The zero-order chi connectivity index (χ0) is 19.2. The van der Waals surface area contributed by atoms with Crippen LogP contribution in [0.5, 0.6) is 0 Å². The molecule has 7 nitrogen and oxygen atoms in total. The molecule has 0 bridgehead atoms. The van der Waals surface area contributed by atoms with Crippen molar-refractivity contribution in [1.29, 1.82) is 0 Å². The van der Waals surface area contributed by atoms with E-state index in [-0.39, 0.29) is 18.4 Å². The van der Waals surface area contributed by atoms with E-state index in [1.54, 1.807) is 31.2 Å². The van der Waals surface area contributed by atoms with Gasteiger partial charge in [-0.15, -0.1) is 0 Å². The van der Waals surface area contributed by atoms with Crippen LogP contribution in [0.1, 0.15) is 11.5 Å². The maximum atomic E-state index is 12.4. The van der Waals surface area contributed by atoms with Crippen LogP contribution >= 0.6 is 0 Å². The number of nitrogens with one attached hydrogen (secondary N) is 3. The summed E-state index contributed by atoms with van der Waals surface area (Å²) in [6.45, 7) is 1.79. The van der Waals surface area contributed by atoms with Gasteiger partial charge < -0.3 is 20.4 Å². The highest BCUT2D eigenvalue weighted by Gasteiger charge is 2.15. The van der Waals surface area contributed by atoms with Crippen molar-refractivity contribution in [3.8, 4) is 11.5 Å². The average molecular weight is 364 g/mol. The molecule has 0 spiro atoms. The van der Waals surface area contributed by atoms with E-state index in [1.807, 2.05) is 30.3 Å². The number of oxazole rings is 1. The van der Waals surface area contributed by atoms with Crippen LogP contribution < -0.4 is 16.0 Å². The topological polar surface area (TPSA) is 96.3 Å². The number of anilines is 2. The van der Waals surface area contributed by atoms with E-state index in [2.05, 4.69) is 20.9 Å². The Labute approximate surface area is 156 Å². The molecule has 1 heterocycles. The number of nitrogens with zero attached hydrogens (tertiary/aromatic N) is 1. The van der Waals surface area contributed by atoms with Crippen LogP contribution in [0.2, 0.25) is 0 Å². The molecule has 3 amide bonds. The van der Waals surface area contributed by atoms with Crippen LogP contribution in [-0.2, 0) is 11.2 Å². The minimum absolute atomic E-state index is 0.0925. The number of urea groups is 1. The lowest BCUT2D eigenvalue weighted by atomic mass is 10.2. The minimum Gasteiger partial charge on any atom is -0.441 e. The van der Waals surface area contributed by atoms with Gasteiger partial charge in [0.05, 0.1) is 12.1 Å². The van der Waals surface area contributed by atoms with Gasteiger partial charge in [0.1, 0.15) is 5.76 Å². The third-order valence-corrected chi connectivity index (χ3v) is 3.87. The third-order valence-electron chi connectivity index (χ3n) is 3.87. The fourth-order valence-electron chi connectivity index (χ4n) is 2.52. The number of rotatable bonds is 5. The molecule has 0 saturated carbocycles. The summed E-state index contributed by atoms with van der Waals surface area (Å²) in [6, 6.07) is 16.1. The first-order valence-electron chi connectivity index (χ1n) is 8.45. The first kappa shape index (κ1) is 18.2. The second-order valence-electron chi connectivity index (χ2n) is 5.90. The fourth-order valence-corrected chi connectivity index (χ4v) is 2.52. The second-order valence-corrected chi connectivity index (χ2v) is 5.90. The Morgan fingerprint density at radius 1 is 1.00 bits per heavy atom. The van der Waals surface area contributed by atoms with Crippen molar-refractivity contribution < 1.29 is 14.0 Å². The third kappa shape index (κ3) is 4.72. The number of aromatic nitrogens is 1. The lowest BCUT2D eigenvalue weighted by Gasteiger charge is -2.08.